The lowest BCUT2D eigenvalue weighted by Gasteiger charge is -2.42. The van der Waals surface area contributed by atoms with Gasteiger partial charge in [-0.25, -0.2) is 9.50 Å². The monoisotopic (exact) mass is 448 g/mol. The summed E-state index contributed by atoms with van der Waals surface area (Å²) in [5.74, 6) is 1.08. The zero-order chi connectivity index (χ0) is 22.5. The highest BCUT2D eigenvalue weighted by Crippen LogP contribution is 2.46. The number of aromatic nitrogens is 3. The quantitative estimate of drug-likeness (QED) is 0.595. The molecule has 32 heavy (non-hydrogen) atoms. The Morgan fingerprint density at radius 2 is 2.09 bits per heavy atom. The van der Waals surface area contributed by atoms with E-state index in [0.29, 0.717) is 10.6 Å². The van der Waals surface area contributed by atoms with Gasteiger partial charge in [0.2, 0.25) is 0 Å². The van der Waals surface area contributed by atoms with Crippen molar-refractivity contribution < 1.29 is 4.74 Å². The molecule has 2 atom stereocenters. The number of rotatable bonds is 3. The van der Waals surface area contributed by atoms with Gasteiger partial charge in [0.15, 0.2) is 5.82 Å². The van der Waals surface area contributed by atoms with Gasteiger partial charge in [-0.2, -0.15) is 10.4 Å². The van der Waals surface area contributed by atoms with E-state index >= 15 is 0 Å². The Balaban J connectivity index is 1.52. The molecule has 2 fully saturated rings. The molecule has 1 N–H and O–H groups in total. The summed E-state index contributed by atoms with van der Waals surface area (Å²) in [7, 11) is 0. The van der Waals surface area contributed by atoms with Crippen LogP contribution in [-0.4, -0.2) is 46.6 Å². The summed E-state index contributed by atoms with van der Waals surface area (Å²) in [6, 6.07) is 9.56. The van der Waals surface area contributed by atoms with Gasteiger partial charge in [0.05, 0.1) is 40.9 Å². The maximum Gasteiger partial charge on any atom is 0.155 e. The Morgan fingerprint density at radius 1 is 1.31 bits per heavy atom. The number of aryl methyl sites for hydroxylation is 1. The Morgan fingerprint density at radius 3 is 2.81 bits per heavy atom. The lowest BCUT2D eigenvalue weighted by Crippen LogP contribution is -2.45. The SMILES string of the molecule is Cc1nc(N2CCC3(CC2)CO[C@@H](C)[C@H]3C=N)c2ccnn2c1-c1cccc(C#N)c1Cl. The maximum atomic E-state index is 9.38. The van der Waals surface area contributed by atoms with Gasteiger partial charge in [-0.3, -0.25) is 0 Å². The summed E-state index contributed by atoms with van der Waals surface area (Å²) in [5, 5.41) is 22.3. The lowest BCUT2D eigenvalue weighted by molar-refractivity contribution is 0.0973. The van der Waals surface area contributed by atoms with Crippen molar-refractivity contribution in [1.29, 1.82) is 10.7 Å². The minimum Gasteiger partial charge on any atom is -0.377 e. The molecule has 2 aliphatic heterocycles. The molecule has 0 amide bonds. The van der Waals surface area contributed by atoms with Gasteiger partial charge in [-0.1, -0.05) is 23.7 Å². The molecule has 7 nitrogen and oxygen atoms in total. The maximum absolute atomic E-state index is 9.38. The molecular weight excluding hydrogens is 424 g/mol. The normalized spacial score (nSPS) is 22.4. The summed E-state index contributed by atoms with van der Waals surface area (Å²) in [5.41, 5.74) is 3.76. The first-order valence-corrected chi connectivity index (χ1v) is 11.3. The fraction of sp³-hybridized carbons (Fsp3) is 0.417. The summed E-state index contributed by atoms with van der Waals surface area (Å²) >= 11 is 6.55. The predicted molar refractivity (Wildman–Crippen MR) is 124 cm³/mol. The van der Waals surface area contributed by atoms with Crippen molar-refractivity contribution in [1.82, 2.24) is 14.6 Å². The largest absolute Gasteiger partial charge is 0.377 e. The minimum absolute atomic E-state index is 0.0500. The Labute approximate surface area is 192 Å². The van der Waals surface area contributed by atoms with Crippen LogP contribution >= 0.6 is 11.6 Å². The third-order valence-electron chi connectivity index (χ3n) is 7.16. The van der Waals surface area contributed by atoms with Gasteiger partial charge in [0.25, 0.3) is 0 Å². The van der Waals surface area contributed by atoms with E-state index in [-0.39, 0.29) is 17.4 Å². The first-order chi connectivity index (χ1) is 15.5. The Hall–Kier alpha value is -2.95. The zero-order valence-corrected chi connectivity index (χ0v) is 18.9. The number of nitriles is 1. The molecule has 5 rings (SSSR count). The van der Waals surface area contributed by atoms with Gasteiger partial charge in [0.1, 0.15) is 11.6 Å². The first kappa shape index (κ1) is 20.9. The molecule has 2 aromatic heterocycles. The average Bonchev–Trinajstić information content (AvgIpc) is 3.39. The number of benzene rings is 1. The summed E-state index contributed by atoms with van der Waals surface area (Å²) < 4.78 is 7.81. The molecule has 1 spiro atoms. The van der Waals surface area contributed by atoms with E-state index in [2.05, 4.69) is 23.0 Å². The minimum atomic E-state index is 0.0500. The second-order valence-corrected chi connectivity index (χ2v) is 9.21. The number of fused-ring (bicyclic) bond motifs is 1. The molecular formula is C24H25ClN6O. The average molecular weight is 449 g/mol. The van der Waals surface area contributed by atoms with Crippen molar-refractivity contribution >= 4 is 29.2 Å². The fourth-order valence-electron chi connectivity index (χ4n) is 5.37. The Bertz CT molecular complexity index is 1240. The predicted octanol–water partition coefficient (Wildman–Crippen LogP) is 4.50. The first-order valence-electron chi connectivity index (χ1n) is 10.9. The highest BCUT2D eigenvalue weighted by Gasteiger charge is 2.48. The molecule has 164 valence electrons. The van der Waals surface area contributed by atoms with Crippen molar-refractivity contribution in [3.05, 3.63) is 46.7 Å². The number of piperidine rings is 1. The van der Waals surface area contributed by atoms with Gasteiger partial charge in [-0.05, 0) is 38.8 Å². The summed E-state index contributed by atoms with van der Waals surface area (Å²) in [6.07, 6.45) is 5.40. The third-order valence-corrected chi connectivity index (χ3v) is 7.57. The number of nitrogens with one attached hydrogen (secondary N) is 1. The van der Waals surface area contributed by atoms with E-state index < -0.39 is 0 Å². The third kappa shape index (κ3) is 3.09. The van der Waals surface area contributed by atoms with Crippen LogP contribution in [0.4, 0.5) is 5.82 Å². The van der Waals surface area contributed by atoms with Crippen LogP contribution in [-0.2, 0) is 4.74 Å². The number of ether oxygens (including phenoxy) is 1. The lowest BCUT2D eigenvalue weighted by atomic mass is 9.69. The van der Waals surface area contributed by atoms with Gasteiger partial charge in [0, 0.05) is 36.2 Å². The van der Waals surface area contributed by atoms with E-state index in [9.17, 15) is 5.26 Å². The summed E-state index contributed by atoms with van der Waals surface area (Å²) in [6.45, 7) is 6.47. The molecule has 0 radical (unpaired) electrons. The van der Waals surface area contributed by atoms with Crippen molar-refractivity contribution in [2.24, 2.45) is 11.3 Å². The smallest absolute Gasteiger partial charge is 0.155 e. The molecule has 0 unspecified atom stereocenters. The van der Waals surface area contributed by atoms with Crippen LogP contribution in [0.25, 0.3) is 16.8 Å². The molecule has 0 saturated carbocycles. The second kappa shape index (κ2) is 7.88. The molecule has 1 aromatic carbocycles. The molecule has 0 aliphatic carbocycles. The highest BCUT2D eigenvalue weighted by atomic mass is 35.5. The van der Waals surface area contributed by atoms with Crippen molar-refractivity contribution in [2.45, 2.75) is 32.8 Å². The van der Waals surface area contributed by atoms with Crippen LogP contribution in [0.5, 0.6) is 0 Å². The topological polar surface area (TPSA) is 90.3 Å². The van der Waals surface area contributed by atoms with Crippen LogP contribution < -0.4 is 4.90 Å². The molecule has 8 heteroatoms. The van der Waals surface area contributed by atoms with Crippen molar-refractivity contribution in [2.75, 3.05) is 24.6 Å². The van der Waals surface area contributed by atoms with Crippen LogP contribution in [0.3, 0.4) is 0 Å². The number of halogens is 1. The van der Waals surface area contributed by atoms with E-state index in [0.717, 1.165) is 60.8 Å². The van der Waals surface area contributed by atoms with Crippen LogP contribution in [0.1, 0.15) is 31.0 Å². The molecule has 3 aromatic rings. The number of hydrogen-bond donors (Lipinski definition) is 1. The van der Waals surface area contributed by atoms with Gasteiger partial charge >= 0.3 is 0 Å². The van der Waals surface area contributed by atoms with E-state index in [1.54, 1.807) is 18.5 Å². The van der Waals surface area contributed by atoms with Crippen molar-refractivity contribution in [3.63, 3.8) is 0 Å². The number of anilines is 1. The zero-order valence-electron chi connectivity index (χ0n) is 18.2. The van der Waals surface area contributed by atoms with Crippen molar-refractivity contribution in [3.8, 4) is 17.3 Å². The molecule has 4 heterocycles. The standard InChI is InChI=1S/C24H25ClN6O/c1-15-22(18-5-3-4-17(12-26)21(18)25)31-20(6-9-28-31)23(29-15)30-10-7-24(8-11-30)14-32-16(2)19(24)13-27/h3-6,9,13,16,19,27H,7-8,10-11,14H2,1-2H3/t16-,19+/m0/s1. The van der Waals surface area contributed by atoms with E-state index in [4.69, 9.17) is 26.7 Å². The van der Waals surface area contributed by atoms with E-state index in [1.165, 1.54) is 0 Å². The molecule has 0 bridgehead atoms. The van der Waals surface area contributed by atoms with Crippen LogP contribution in [0, 0.1) is 35.0 Å². The molecule has 2 aliphatic rings. The molecule has 2 saturated heterocycles. The Kier molecular flexibility index (Phi) is 5.15. The van der Waals surface area contributed by atoms with Gasteiger partial charge in [-0.15, -0.1) is 0 Å². The number of hydrogen-bond acceptors (Lipinski definition) is 6. The number of nitrogens with zero attached hydrogens (tertiary/aromatic N) is 5. The van der Waals surface area contributed by atoms with E-state index in [1.807, 2.05) is 29.6 Å². The van der Waals surface area contributed by atoms with Crippen LogP contribution in [0.2, 0.25) is 5.02 Å². The second-order valence-electron chi connectivity index (χ2n) is 8.83. The summed E-state index contributed by atoms with van der Waals surface area (Å²) in [4.78, 5) is 7.30. The van der Waals surface area contributed by atoms with Crippen LogP contribution in [0.15, 0.2) is 30.5 Å². The fourth-order valence-corrected chi connectivity index (χ4v) is 5.62. The van der Waals surface area contributed by atoms with Gasteiger partial charge < -0.3 is 15.0 Å². The highest BCUT2D eigenvalue weighted by molar-refractivity contribution is 6.34.